The Kier molecular flexibility index (Phi) is 15.9. The highest BCUT2D eigenvalue weighted by molar-refractivity contribution is 6.11. The molecule has 0 aliphatic rings. The predicted octanol–water partition coefficient (Wildman–Crippen LogP) is 6.95. The molecule has 2 aromatic carbocycles. The molecule has 0 aliphatic heterocycles. The fourth-order valence-corrected chi connectivity index (χ4v) is 4.51. The van der Waals surface area contributed by atoms with E-state index in [0.29, 0.717) is 63.7 Å². The number of benzene rings is 2. The van der Waals surface area contributed by atoms with Crippen LogP contribution >= 0.6 is 0 Å². The average molecular weight is 669 g/mol. The third-order valence-electron chi connectivity index (χ3n) is 7.48. The van der Waals surface area contributed by atoms with E-state index in [-0.39, 0.29) is 22.8 Å². The molecule has 0 spiro atoms. The number of rotatable bonds is 15. The van der Waals surface area contributed by atoms with Gasteiger partial charge in [-0.15, -0.1) is 0 Å². The zero-order chi connectivity index (χ0) is 35.8. The van der Waals surface area contributed by atoms with Crippen molar-refractivity contribution in [3.05, 3.63) is 53.6 Å². The second kappa shape index (κ2) is 19.6. The number of nitrogens with zero attached hydrogens (tertiary/aromatic N) is 4. The molecular formula is C35H48N4O9. The van der Waals surface area contributed by atoms with Crippen LogP contribution in [0.1, 0.15) is 71.3 Å². The molecule has 0 saturated heterocycles. The third-order valence-corrected chi connectivity index (χ3v) is 7.48. The molecule has 0 aromatic heterocycles. The summed E-state index contributed by atoms with van der Waals surface area (Å²) in [4.78, 5) is 70.9. The van der Waals surface area contributed by atoms with Gasteiger partial charge in [-0.05, 0) is 79.2 Å². The molecule has 0 unspecified atom stereocenters. The van der Waals surface area contributed by atoms with E-state index < -0.39 is 30.2 Å². The van der Waals surface area contributed by atoms with Crippen molar-refractivity contribution in [2.45, 2.75) is 55.4 Å². The van der Waals surface area contributed by atoms with Gasteiger partial charge in [0.15, 0.2) is 17.3 Å². The number of amides is 4. The van der Waals surface area contributed by atoms with E-state index >= 15 is 0 Å². The van der Waals surface area contributed by atoms with Crippen LogP contribution in [0.15, 0.2) is 42.5 Å². The Morgan fingerprint density at radius 3 is 1.19 bits per heavy atom. The van der Waals surface area contributed by atoms with E-state index in [2.05, 4.69) is 0 Å². The van der Waals surface area contributed by atoms with Gasteiger partial charge in [0.1, 0.15) is 17.1 Å². The molecule has 0 fully saturated rings. The molecule has 0 aliphatic carbocycles. The molecule has 2 aromatic rings. The van der Waals surface area contributed by atoms with E-state index in [1.165, 1.54) is 43.9 Å². The number of hydrogen-bond acceptors (Lipinski definition) is 9. The smallest absolute Gasteiger partial charge is 0.410 e. The van der Waals surface area contributed by atoms with Crippen LogP contribution in [0.4, 0.5) is 19.2 Å². The van der Waals surface area contributed by atoms with Crippen molar-refractivity contribution in [3.8, 4) is 23.0 Å². The van der Waals surface area contributed by atoms with E-state index in [1.54, 1.807) is 65.8 Å². The molecule has 0 heterocycles. The molecule has 13 nitrogen and oxygen atoms in total. The molecule has 0 radical (unpaired) electrons. The fraction of sp³-hybridized carbons (Fsp3) is 0.457. The molecule has 262 valence electrons. The molecule has 0 N–H and O–H groups in total. The van der Waals surface area contributed by atoms with E-state index in [0.717, 1.165) is 0 Å². The third kappa shape index (κ3) is 10.7. The van der Waals surface area contributed by atoms with Crippen molar-refractivity contribution >= 4 is 36.2 Å². The normalized spacial score (nSPS) is 10.7. The zero-order valence-electron chi connectivity index (χ0n) is 29.2. The lowest BCUT2D eigenvalue weighted by molar-refractivity contribution is 0.104. The van der Waals surface area contributed by atoms with Crippen LogP contribution in [0.3, 0.4) is 0 Å². The molecule has 48 heavy (non-hydrogen) atoms. The van der Waals surface area contributed by atoms with Gasteiger partial charge in [0, 0.05) is 64.5 Å². The second-order valence-electron chi connectivity index (χ2n) is 10.2. The number of allylic oxidation sites excluding steroid dienone is 1. The molecule has 13 heteroatoms. The zero-order valence-corrected chi connectivity index (χ0v) is 29.2. The van der Waals surface area contributed by atoms with E-state index in [1.807, 2.05) is 13.8 Å². The quantitative estimate of drug-likeness (QED) is 0.146. The summed E-state index contributed by atoms with van der Waals surface area (Å²) in [5, 5.41) is 0. The molecule has 0 atom stereocenters. The number of carbonyl (C=O) groups is 5. The van der Waals surface area contributed by atoms with Crippen molar-refractivity contribution in [2.24, 2.45) is 0 Å². The lowest BCUT2D eigenvalue weighted by atomic mass is 10.1. The van der Waals surface area contributed by atoms with Crippen molar-refractivity contribution in [1.82, 2.24) is 19.6 Å². The van der Waals surface area contributed by atoms with Gasteiger partial charge < -0.3 is 38.5 Å². The number of hydrogen-bond donors (Lipinski definition) is 0. The number of carbonyl (C=O) groups excluding carboxylic acids is 5. The first-order valence-corrected chi connectivity index (χ1v) is 16.4. The van der Waals surface area contributed by atoms with Gasteiger partial charge in [-0.25, -0.2) is 19.2 Å². The second-order valence-corrected chi connectivity index (χ2v) is 10.2. The van der Waals surface area contributed by atoms with Crippen LogP contribution < -0.4 is 18.9 Å². The Balaban J connectivity index is 2.61. The standard InChI is InChI=1S/C35H48N4O9/c1-9-36(10-2)32(41)45-26-20-17-25(18-21-26)19-22-28(40)31-29(47-34(43)38(13-5)14-6)23-27(46-33(42)37(11-3)12-4)24-30(31)48-35(44)39(15-7)16-8/h17-24H,9-16H2,1-8H3/b22-19+. The van der Waals surface area contributed by atoms with Crippen LogP contribution in [0.5, 0.6) is 23.0 Å². The first-order chi connectivity index (χ1) is 23.0. The minimum Gasteiger partial charge on any atom is -0.410 e. The van der Waals surface area contributed by atoms with E-state index in [9.17, 15) is 24.0 Å². The lowest BCUT2D eigenvalue weighted by Gasteiger charge is -2.23. The monoisotopic (exact) mass is 668 g/mol. The maximum absolute atomic E-state index is 13.8. The summed E-state index contributed by atoms with van der Waals surface area (Å²) < 4.78 is 22.4. The van der Waals surface area contributed by atoms with Crippen LogP contribution in [-0.2, 0) is 0 Å². The first kappa shape index (κ1) is 39.1. The Morgan fingerprint density at radius 1 is 0.500 bits per heavy atom. The fourth-order valence-electron chi connectivity index (χ4n) is 4.51. The minimum absolute atomic E-state index is 0.0908. The lowest BCUT2D eigenvalue weighted by Crippen LogP contribution is -2.34. The van der Waals surface area contributed by atoms with Gasteiger partial charge in [-0.2, -0.15) is 0 Å². The van der Waals surface area contributed by atoms with Gasteiger partial charge >= 0.3 is 24.4 Å². The summed E-state index contributed by atoms with van der Waals surface area (Å²) in [6.07, 6.45) is 0.105. The topological polar surface area (TPSA) is 135 Å². The van der Waals surface area contributed by atoms with Gasteiger partial charge in [-0.3, -0.25) is 4.79 Å². The van der Waals surface area contributed by atoms with Crippen molar-refractivity contribution in [3.63, 3.8) is 0 Å². The van der Waals surface area contributed by atoms with Gasteiger partial charge in [-0.1, -0.05) is 18.2 Å². The highest BCUT2D eigenvalue weighted by Gasteiger charge is 2.27. The Bertz CT molecular complexity index is 1380. The summed E-state index contributed by atoms with van der Waals surface area (Å²) >= 11 is 0. The first-order valence-electron chi connectivity index (χ1n) is 16.4. The molecular weight excluding hydrogens is 620 g/mol. The Labute approximate surface area is 282 Å². The minimum atomic E-state index is -0.749. The maximum Gasteiger partial charge on any atom is 0.415 e. The summed E-state index contributed by atoms with van der Waals surface area (Å²) in [7, 11) is 0. The number of ketones is 1. The molecule has 0 bridgehead atoms. The summed E-state index contributed by atoms with van der Waals surface area (Å²) in [5.74, 6) is -0.924. The molecule has 4 amide bonds. The van der Waals surface area contributed by atoms with Gasteiger partial charge in [0.2, 0.25) is 0 Å². The molecule has 0 saturated carbocycles. The Morgan fingerprint density at radius 2 is 0.833 bits per heavy atom. The van der Waals surface area contributed by atoms with Gasteiger partial charge in [0.05, 0.1) is 0 Å². The highest BCUT2D eigenvalue weighted by atomic mass is 16.6. The van der Waals surface area contributed by atoms with Crippen LogP contribution in [0.25, 0.3) is 6.08 Å². The SMILES string of the molecule is CCN(CC)C(=O)Oc1ccc(/C=C/C(=O)c2c(OC(=O)N(CC)CC)cc(OC(=O)N(CC)CC)cc2OC(=O)N(CC)CC)cc1. The predicted molar refractivity (Wildman–Crippen MR) is 182 cm³/mol. The number of ether oxygens (including phenoxy) is 4. The van der Waals surface area contributed by atoms with E-state index in [4.69, 9.17) is 18.9 Å². The Hall–Kier alpha value is -5.07. The maximum atomic E-state index is 13.8. The van der Waals surface area contributed by atoms with Crippen LogP contribution in [0.2, 0.25) is 0 Å². The van der Waals surface area contributed by atoms with Gasteiger partial charge in [0.25, 0.3) is 0 Å². The summed E-state index contributed by atoms with van der Waals surface area (Å²) in [6, 6.07) is 9.01. The largest absolute Gasteiger partial charge is 0.415 e. The van der Waals surface area contributed by atoms with Crippen LogP contribution in [0, 0.1) is 0 Å². The molecule has 2 rings (SSSR count). The van der Waals surface area contributed by atoms with Crippen molar-refractivity contribution < 1.29 is 42.9 Å². The average Bonchev–Trinajstić information content (AvgIpc) is 3.06. The van der Waals surface area contributed by atoms with Crippen LogP contribution in [-0.4, -0.2) is 102 Å². The summed E-state index contributed by atoms with van der Waals surface area (Å²) in [6.45, 7) is 17.5. The summed E-state index contributed by atoms with van der Waals surface area (Å²) in [5.41, 5.74) is 0.374. The highest BCUT2D eigenvalue weighted by Crippen LogP contribution is 2.36. The van der Waals surface area contributed by atoms with Crippen molar-refractivity contribution in [2.75, 3.05) is 52.4 Å². The van der Waals surface area contributed by atoms with Crippen molar-refractivity contribution in [1.29, 1.82) is 0 Å².